The molecule has 0 fully saturated rings. The molecule has 1 aromatic heterocycles. The van der Waals surface area contributed by atoms with Gasteiger partial charge in [0.25, 0.3) is 0 Å². The van der Waals surface area contributed by atoms with Gasteiger partial charge in [0.1, 0.15) is 0 Å². The van der Waals surface area contributed by atoms with Gasteiger partial charge in [-0.2, -0.15) is 0 Å². The summed E-state index contributed by atoms with van der Waals surface area (Å²) in [5.74, 6) is 0. The van der Waals surface area contributed by atoms with Crippen LogP contribution in [0.25, 0.3) is 0 Å². The summed E-state index contributed by atoms with van der Waals surface area (Å²) in [4.78, 5) is 3.14. The summed E-state index contributed by atoms with van der Waals surface area (Å²) in [6, 6.07) is 4.02. The Morgan fingerprint density at radius 2 is 2.23 bits per heavy atom. The molecule has 0 saturated heterocycles. The van der Waals surface area contributed by atoms with E-state index in [-0.39, 0.29) is 11.5 Å². The maximum atomic E-state index is 6.12. The number of hydrogen-bond donors (Lipinski definition) is 3. The monoisotopic (exact) mass is 181 g/mol. The molecule has 13 heavy (non-hydrogen) atoms. The van der Waals surface area contributed by atoms with Crippen LogP contribution < -0.4 is 11.5 Å². The van der Waals surface area contributed by atoms with Crippen LogP contribution in [0.15, 0.2) is 18.3 Å². The first kappa shape index (κ1) is 10.3. The standard InChI is InChI=1S/C10H19N3/c1-10(2,5-6-11)9(12)8-4-3-7-13-8/h3-4,7,9,13H,5-6,11-12H2,1-2H3. The van der Waals surface area contributed by atoms with Crippen molar-refractivity contribution in [1.29, 1.82) is 0 Å². The third-order valence-electron chi connectivity index (χ3n) is 2.59. The SMILES string of the molecule is CC(C)(CCN)C(N)c1ccc[nH]1. The lowest BCUT2D eigenvalue weighted by Crippen LogP contribution is -2.31. The van der Waals surface area contributed by atoms with E-state index in [1.54, 1.807) is 0 Å². The number of rotatable bonds is 4. The van der Waals surface area contributed by atoms with Gasteiger partial charge < -0.3 is 16.5 Å². The molecule has 0 amide bonds. The molecule has 0 bridgehead atoms. The van der Waals surface area contributed by atoms with Crippen LogP contribution in [0.1, 0.15) is 32.0 Å². The Labute approximate surface area is 79.5 Å². The number of aromatic amines is 1. The van der Waals surface area contributed by atoms with Gasteiger partial charge in [-0.25, -0.2) is 0 Å². The molecule has 1 heterocycles. The van der Waals surface area contributed by atoms with Crippen molar-refractivity contribution in [3.05, 3.63) is 24.0 Å². The van der Waals surface area contributed by atoms with Crippen molar-refractivity contribution >= 4 is 0 Å². The van der Waals surface area contributed by atoms with Gasteiger partial charge in [-0.15, -0.1) is 0 Å². The number of aromatic nitrogens is 1. The number of nitrogens with one attached hydrogen (secondary N) is 1. The van der Waals surface area contributed by atoms with Crippen molar-refractivity contribution < 1.29 is 0 Å². The Hall–Kier alpha value is -0.800. The van der Waals surface area contributed by atoms with E-state index in [0.717, 1.165) is 12.1 Å². The molecular weight excluding hydrogens is 162 g/mol. The smallest absolute Gasteiger partial charge is 0.0500 e. The Morgan fingerprint density at radius 1 is 1.54 bits per heavy atom. The molecule has 0 aromatic carbocycles. The van der Waals surface area contributed by atoms with Gasteiger partial charge in [0.2, 0.25) is 0 Å². The summed E-state index contributed by atoms with van der Waals surface area (Å²) < 4.78 is 0. The largest absolute Gasteiger partial charge is 0.364 e. The van der Waals surface area contributed by atoms with Gasteiger partial charge in [-0.1, -0.05) is 13.8 Å². The summed E-state index contributed by atoms with van der Waals surface area (Å²) in [6.45, 7) is 4.97. The molecule has 1 unspecified atom stereocenters. The van der Waals surface area contributed by atoms with Crippen molar-refractivity contribution in [3.63, 3.8) is 0 Å². The lowest BCUT2D eigenvalue weighted by molar-refractivity contribution is 0.267. The quantitative estimate of drug-likeness (QED) is 0.657. The fourth-order valence-electron chi connectivity index (χ4n) is 1.49. The average Bonchev–Trinajstić information content (AvgIpc) is 2.54. The van der Waals surface area contributed by atoms with Crippen LogP contribution in [0.3, 0.4) is 0 Å². The second-order valence-corrected chi connectivity index (χ2v) is 4.13. The van der Waals surface area contributed by atoms with E-state index in [0.29, 0.717) is 6.54 Å². The fourth-order valence-corrected chi connectivity index (χ4v) is 1.49. The zero-order chi connectivity index (χ0) is 9.90. The van der Waals surface area contributed by atoms with E-state index < -0.39 is 0 Å². The third kappa shape index (κ3) is 2.32. The summed E-state index contributed by atoms with van der Waals surface area (Å²) in [6.07, 6.45) is 2.83. The van der Waals surface area contributed by atoms with E-state index in [9.17, 15) is 0 Å². The number of hydrogen-bond acceptors (Lipinski definition) is 2. The van der Waals surface area contributed by atoms with Crippen LogP contribution in [0.2, 0.25) is 0 Å². The molecule has 0 aliphatic carbocycles. The summed E-state index contributed by atoms with van der Waals surface area (Å²) in [5.41, 5.74) is 12.8. The van der Waals surface area contributed by atoms with Crippen LogP contribution >= 0.6 is 0 Å². The zero-order valence-electron chi connectivity index (χ0n) is 8.38. The lowest BCUT2D eigenvalue weighted by Gasteiger charge is -2.30. The molecule has 1 rings (SSSR count). The molecule has 74 valence electrons. The Kier molecular flexibility index (Phi) is 3.12. The molecule has 1 aromatic rings. The second kappa shape index (κ2) is 3.94. The predicted molar refractivity (Wildman–Crippen MR) is 55.2 cm³/mol. The Balaban J connectivity index is 2.71. The molecule has 3 heteroatoms. The fraction of sp³-hybridized carbons (Fsp3) is 0.600. The first-order valence-electron chi connectivity index (χ1n) is 4.67. The molecule has 0 saturated carbocycles. The summed E-state index contributed by atoms with van der Waals surface area (Å²) >= 11 is 0. The predicted octanol–water partition coefficient (Wildman–Crippen LogP) is 1.39. The maximum absolute atomic E-state index is 6.12. The van der Waals surface area contributed by atoms with Crippen LogP contribution in [0, 0.1) is 5.41 Å². The Bertz CT molecular complexity index is 239. The highest BCUT2D eigenvalue weighted by Gasteiger charge is 2.27. The van der Waals surface area contributed by atoms with Crippen LogP contribution in [0.4, 0.5) is 0 Å². The molecule has 0 spiro atoms. The lowest BCUT2D eigenvalue weighted by atomic mass is 9.80. The molecule has 5 N–H and O–H groups in total. The normalized spacial score (nSPS) is 14.5. The van der Waals surface area contributed by atoms with Crippen LogP contribution in [-0.4, -0.2) is 11.5 Å². The van der Waals surface area contributed by atoms with E-state index in [2.05, 4.69) is 18.8 Å². The van der Waals surface area contributed by atoms with Gasteiger partial charge in [0.05, 0.1) is 0 Å². The molecule has 3 nitrogen and oxygen atoms in total. The molecular formula is C10H19N3. The topological polar surface area (TPSA) is 67.8 Å². The minimum Gasteiger partial charge on any atom is -0.364 e. The first-order valence-corrected chi connectivity index (χ1v) is 4.67. The van der Waals surface area contributed by atoms with Gasteiger partial charge in [0, 0.05) is 17.9 Å². The van der Waals surface area contributed by atoms with Gasteiger partial charge in [-0.05, 0) is 30.5 Å². The average molecular weight is 181 g/mol. The third-order valence-corrected chi connectivity index (χ3v) is 2.59. The van der Waals surface area contributed by atoms with E-state index in [1.165, 1.54) is 0 Å². The van der Waals surface area contributed by atoms with Crippen LogP contribution in [-0.2, 0) is 0 Å². The first-order chi connectivity index (χ1) is 6.08. The molecule has 0 radical (unpaired) electrons. The zero-order valence-corrected chi connectivity index (χ0v) is 8.38. The highest BCUT2D eigenvalue weighted by Crippen LogP contribution is 2.32. The van der Waals surface area contributed by atoms with Crippen LogP contribution in [0.5, 0.6) is 0 Å². The highest BCUT2D eigenvalue weighted by molar-refractivity contribution is 5.11. The Morgan fingerprint density at radius 3 is 2.69 bits per heavy atom. The second-order valence-electron chi connectivity index (χ2n) is 4.13. The number of nitrogens with two attached hydrogens (primary N) is 2. The van der Waals surface area contributed by atoms with Crippen molar-refractivity contribution in [2.75, 3.05) is 6.54 Å². The van der Waals surface area contributed by atoms with Gasteiger partial charge in [-0.3, -0.25) is 0 Å². The minimum atomic E-state index is 0.0334. The maximum Gasteiger partial charge on any atom is 0.0500 e. The van der Waals surface area contributed by atoms with Crippen molar-refractivity contribution in [2.24, 2.45) is 16.9 Å². The number of H-pyrrole nitrogens is 1. The van der Waals surface area contributed by atoms with Crippen molar-refractivity contribution in [1.82, 2.24) is 4.98 Å². The van der Waals surface area contributed by atoms with Crippen molar-refractivity contribution in [3.8, 4) is 0 Å². The van der Waals surface area contributed by atoms with E-state index in [1.807, 2.05) is 18.3 Å². The van der Waals surface area contributed by atoms with Crippen molar-refractivity contribution in [2.45, 2.75) is 26.3 Å². The van der Waals surface area contributed by atoms with Gasteiger partial charge in [0.15, 0.2) is 0 Å². The van der Waals surface area contributed by atoms with E-state index in [4.69, 9.17) is 11.5 Å². The summed E-state index contributed by atoms with van der Waals surface area (Å²) in [5, 5.41) is 0. The summed E-state index contributed by atoms with van der Waals surface area (Å²) in [7, 11) is 0. The highest BCUT2D eigenvalue weighted by atomic mass is 14.8. The van der Waals surface area contributed by atoms with Gasteiger partial charge >= 0.3 is 0 Å². The molecule has 1 atom stereocenters. The molecule has 0 aliphatic heterocycles. The minimum absolute atomic E-state index is 0.0334. The van der Waals surface area contributed by atoms with E-state index >= 15 is 0 Å². The molecule has 0 aliphatic rings.